The monoisotopic (exact) mass is 285 g/mol. The van der Waals surface area contributed by atoms with E-state index in [-0.39, 0.29) is 11.8 Å². The molecule has 1 aromatic carbocycles. The Morgan fingerprint density at radius 3 is 3.05 bits per heavy atom. The Morgan fingerprint density at radius 2 is 2.24 bits per heavy atom. The van der Waals surface area contributed by atoms with Crippen molar-refractivity contribution in [3.05, 3.63) is 42.0 Å². The van der Waals surface area contributed by atoms with Gasteiger partial charge in [-0.15, -0.1) is 0 Å². The van der Waals surface area contributed by atoms with E-state index in [4.69, 9.17) is 4.74 Å². The van der Waals surface area contributed by atoms with Crippen LogP contribution in [0.1, 0.15) is 17.8 Å². The number of rotatable bonds is 3. The van der Waals surface area contributed by atoms with Crippen LogP contribution in [0.15, 0.2) is 30.6 Å². The van der Waals surface area contributed by atoms with Gasteiger partial charge in [-0.25, -0.2) is 4.98 Å². The summed E-state index contributed by atoms with van der Waals surface area (Å²) in [4.78, 5) is 21.9. The number of para-hydroxylation sites is 2. The van der Waals surface area contributed by atoms with Crippen LogP contribution < -0.4 is 9.64 Å². The molecule has 0 saturated heterocycles. The molecule has 2 aromatic rings. The molecular weight excluding hydrogens is 266 g/mol. The van der Waals surface area contributed by atoms with E-state index in [1.54, 1.807) is 18.3 Å². The van der Waals surface area contributed by atoms with Gasteiger partial charge in [-0.3, -0.25) is 4.79 Å². The summed E-state index contributed by atoms with van der Waals surface area (Å²) in [6.45, 7) is 0. The van der Waals surface area contributed by atoms with Crippen molar-refractivity contribution < 1.29 is 9.53 Å². The normalized spacial score (nSPS) is 17.1. The predicted molar refractivity (Wildman–Crippen MR) is 80.5 cm³/mol. The number of hydrogen-bond donors (Lipinski definition) is 1. The van der Waals surface area contributed by atoms with Gasteiger partial charge in [-0.1, -0.05) is 12.1 Å². The number of carbonyl (C=O) groups is 1. The van der Waals surface area contributed by atoms with E-state index in [9.17, 15) is 4.79 Å². The number of ether oxygens (including phenoxy) is 1. The Kier molecular flexibility index (Phi) is 3.64. The first kappa shape index (κ1) is 13.7. The lowest BCUT2D eigenvalue weighted by Gasteiger charge is -2.27. The molecule has 110 valence electrons. The van der Waals surface area contributed by atoms with Crippen LogP contribution in [-0.2, 0) is 17.6 Å². The summed E-state index contributed by atoms with van der Waals surface area (Å²) < 4.78 is 5.34. The zero-order valence-corrected chi connectivity index (χ0v) is 12.3. The number of carbonyl (C=O) groups excluding carboxylic acids is 1. The molecule has 0 aliphatic heterocycles. The van der Waals surface area contributed by atoms with Gasteiger partial charge in [0.2, 0.25) is 5.91 Å². The van der Waals surface area contributed by atoms with Crippen LogP contribution in [0.3, 0.4) is 0 Å². The van der Waals surface area contributed by atoms with Gasteiger partial charge in [0, 0.05) is 25.1 Å². The lowest BCUT2D eigenvalue weighted by atomic mass is 9.88. The Labute approximate surface area is 124 Å². The fraction of sp³-hybridized carbons (Fsp3) is 0.375. The quantitative estimate of drug-likeness (QED) is 0.940. The molecule has 5 heteroatoms. The van der Waals surface area contributed by atoms with Crippen LogP contribution in [0.2, 0.25) is 0 Å². The average Bonchev–Trinajstić information content (AvgIpc) is 3.00. The smallest absolute Gasteiger partial charge is 0.230 e. The third-order valence-electron chi connectivity index (χ3n) is 4.11. The number of H-pyrrole nitrogens is 1. The molecule has 0 radical (unpaired) electrons. The van der Waals surface area contributed by atoms with Crippen molar-refractivity contribution >= 4 is 11.6 Å². The number of benzene rings is 1. The van der Waals surface area contributed by atoms with Gasteiger partial charge < -0.3 is 14.6 Å². The molecular formula is C16H19N3O2. The van der Waals surface area contributed by atoms with Crippen LogP contribution in [-0.4, -0.2) is 30.0 Å². The highest BCUT2D eigenvalue weighted by molar-refractivity contribution is 5.96. The van der Waals surface area contributed by atoms with Crippen molar-refractivity contribution in [2.24, 2.45) is 5.92 Å². The van der Waals surface area contributed by atoms with Crippen molar-refractivity contribution in [3.63, 3.8) is 0 Å². The second kappa shape index (κ2) is 5.60. The number of nitrogens with one attached hydrogen (secondary N) is 1. The molecule has 0 bridgehead atoms. The molecule has 21 heavy (non-hydrogen) atoms. The fourth-order valence-electron chi connectivity index (χ4n) is 2.91. The second-order valence-electron chi connectivity index (χ2n) is 5.34. The average molecular weight is 285 g/mol. The minimum Gasteiger partial charge on any atom is -0.495 e. The second-order valence-corrected chi connectivity index (χ2v) is 5.34. The minimum absolute atomic E-state index is 0.00661. The molecule has 0 fully saturated rings. The van der Waals surface area contributed by atoms with Gasteiger partial charge in [0.15, 0.2) is 0 Å². The number of anilines is 1. The van der Waals surface area contributed by atoms with Crippen molar-refractivity contribution in [2.45, 2.75) is 19.3 Å². The summed E-state index contributed by atoms with van der Waals surface area (Å²) in [6, 6.07) is 7.59. The number of fused-ring (bicyclic) bond motifs is 1. The standard InChI is InChI=1S/C16H19N3O2/c1-19(14-5-3-4-6-15(14)21-2)16(20)11-7-8-12-13(9-11)18-10-17-12/h3-6,10-11H,7-9H2,1-2H3,(H,17,18). The number of aromatic nitrogens is 2. The van der Waals surface area contributed by atoms with E-state index in [1.165, 1.54) is 0 Å². The van der Waals surface area contributed by atoms with Crippen LogP contribution in [0.25, 0.3) is 0 Å². The molecule has 1 aliphatic carbocycles. The number of aromatic amines is 1. The number of nitrogens with zero attached hydrogens (tertiary/aromatic N) is 2. The van der Waals surface area contributed by atoms with Crippen molar-refractivity contribution in [3.8, 4) is 5.75 Å². The van der Waals surface area contributed by atoms with Crippen LogP contribution >= 0.6 is 0 Å². The van der Waals surface area contributed by atoms with E-state index in [1.807, 2.05) is 31.3 Å². The highest BCUT2D eigenvalue weighted by Gasteiger charge is 2.29. The molecule has 1 aliphatic rings. The van der Waals surface area contributed by atoms with Crippen molar-refractivity contribution in [1.29, 1.82) is 0 Å². The van der Waals surface area contributed by atoms with Gasteiger partial charge in [0.05, 0.1) is 24.8 Å². The van der Waals surface area contributed by atoms with Crippen LogP contribution in [0, 0.1) is 5.92 Å². The third-order valence-corrected chi connectivity index (χ3v) is 4.11. The molecule has 1 amide bonds. The Bertz CT molecular complexity index is 650. The zero-order chi connectivity index (χ0) is 14.8. The largest absolute Gasteiger partial charge is 0.495 e. The Morgan fingerprint density at radius 1 is 1.43 bits per heavy atom. The predicted octanol–water partition coefficient (Wildman–Crippen LogP) is 2.19. The van der Waals surface area contributed by atoms with Crippen LogP contribution in [0.5, 0.6) is 5.75 Å². The van der Waals surface area contributed by atoms with Gasteiger partial charge >= 0.3 is 0 Å². The van der Waals surface area contributed by atoms with Crippen molar-refractivity contribution in [1.82, 2.24) is 9.97 Å². The maximum atomic E-state index is 12.7. The first-order valence-corrected chi connectivity index (χ1v) is 7.12. The maximum absolute atomic E-state index is 12.7. The number of methoxy groups -OCH3 is 1. The molecule has 0 saturated carbocycles. The van der Waals surface area contributed by atoms with E-state index < -0.39 is 0 Å². The Balaban J connectivity index is 1.79. The van der Waals surface area contributed by atoms with E-state index in [0.29, 0.717) is 5.75 Å². The topological polar surface area (TPSA) is 58.2 Å². The van der Waals surface area contributed by atoms with E-state index in [0.717, 1.165) is 36.3 Å². The highest BCUT2D eigenvalue weighted by Crippen LogP contribution is 2.30. The summed E-state index contributed by atoms with van der Waals surface area (Å²) in [5, 5.41) is 0. The van der Waals surface area contributed by atoms with E-state index in [2.05, 4.69) is 9.97 Å². The fourth-order valence-corrected chi connectivity index (χ4v) is 2.91. The molecule has 1 N–H and O–H groups in total. The molecule has 1 aromatic heterocycles. The first-order valence-electron chi connectivity index (χ1n) is 7.12. The minimum atomic E-state index is -0.00661. The van der Waals surface area contributed by atoms with Gasteiger partial charge in [-0.05, 0) is 25.0 Å². The highest BCUT2D eigenvalue weighted by atomic mass is 16.5. The number of amides is 1. The first-order chi connectivity index (χ1) is 10.2. The number of hydrogen-bond acceptors (Lipinski definition) is 3. The lowest BCUT2D eigenvalue weighted by molar-refractivity contribution is -0.122. The third kappa shape index (κ3) is 2.51. The molecule has 5 nitrogen and oxygen atoms in total. The summed E-state index contributed by atoms with van der Waals surface area (Å²) in [5.74, 6) is 0.832. The number of imidazole rings is 1. The lowest BCUT2D eigenvalue weighted by Crippen LogP contribution is -2.36. The van der Waals surface area contributed by atoms with Crippen molar-refractivity contribution in [2.75, 3.05) is 19.1 Å². The van der Waals surface area contributed by atoms with Gasteiger partial charge in [0.1, 0.15) is 5.75 Å². The SMILES string of the molecule is COc1ccccc1N(C)C(=O)C1CCc2nc[nH]c2C1. The Hall–Kier alpha value is -2.30. The van der Waals surface area contributed by atoms with Crippen LogP contribution in [0.4, 0.5) is 5.69 Å². The molecule has 1 unspecified atom stereocenters. The molecule has 1 heterocycles. The molecule has 0 spiro atoms. The maximum Gasteiger partial charge on any atom is 0.230 e. The summed E-state index contributed by atoms with van der Waals surface area (Å²) in [6.07, 6.45) is 4.14. The number of aryl methyl sites for hydroxylation is 1. The van der Waals surface area contributed by atoms with E-state index >= 15 is 0 Å². The van der Waals surface area contributed by atoms with Gasteiger partial charge in [0.25, 0.3) is 0 Å². The van der Waals surface area contributed by atoms with Gasteiger partial charge in [-0.2, -0.15) is 0 Å². The summed E-state index contributed by atoms with van der Waals surface area (Å²) in [5.41, 5.74) is 2.99. The molecule has 3 rings (SSSR count). The summed E-state index contributed by atoms with van der Waals surface area (Å²) in [7, 11) is 3.43. The zero-order valence-electron chi connectivity index (χ0n) is 12.3. The molecule has 1 atom stereocenters. The summed E-state index contributed by atoms with van der Waals surface area (Å²) >= 11 is 0.